The maximum atomic E-state index is 12.8. The van der Waals surface area contributed by atoms with Crippen LogP contribution in [0.4, 0.5) is 0 Å². The van der Waals surface area contributed by atoms with Crippen LogP contribution < -0.4 is 5.32 Å². The third kappa shape index (κ3) is 4.61. The second-order valence-corrected chi connectivity index (χ2v) is 7.55. The molecule has 1 amide bonds. The average Bonchev–Trinajstić information content (AvgIpc) is 3.02. The minimum Gasteiger partial charge on any atom is -0.365 e. The van der Waals surface area contributed by atoms with E-state index in [2.05, 4.69) is 17.1 Å². The number of nitrogens with zero attached hydrogens (tertiary/aromatic N) is 1. The molecule has 1 unspecified atom stereocenters. The van der Waals surface area contributed by atoms with Crippen molar-refractivity contribution in [3.8, 4) is 0 Å². The van der Waals surface area contributed by atoms with Gasteiger partial charge in [0.15, 0.2) is 0 Å². The van der Waals surface area contributed by atoms with E-state index in [1.54, 1.807) is 0 Å². The van der Waals surface area contributed by atoms with Crippen LogP contribution in [0.5, 0.6) is 0 Å². The smallest absolute Gasteiger partial charge is 0.251 e. The lowest BCUT2D eigenvalue weighted by molar-refractivity contribution is -0.151. The summed E-state index contributed by atoms with van der Waals surface area (Å²) in [5.74, 6) is 0.244. The lowest BCUT2D eigenvalue weighted by Crippen LogP contribution is -2.48. The van der Waals surface area contributed by atoms with Gasteiger partial charge in [-0.3, -0.25) is 4.79 Å². The minimum atomic E-state index is -0.209. The van der Waals surface area contributed by atoms with Gasteiger partial charge in [0.05, 0.1) is 6.10 Å². The normalized spacial score (nSPS) is 26.0. The van der Waals surface area contributed by atoms with Crippen molar-refractivity contribution in [2.45, 2.75) is 76.9 Å². The van der Waals surface area contributed by atoms with Gasteiger partial charge >= 0.3 is 0 Å². The van der Waals surface area contributed by atoms with Crippen molar-refractivity contribution in [1.82, 2.24) is 10.2 Å². The van der Waals surface area contributed by atoms with Crippen molar-refractivity contribution in [2.75, 3.05) is 26.2 Å². The number of ether oxygens (including phenoxy) is 1. The second kappa shape index (κ2) is 8.68. The molecule has 3 fully saturated rings. The maximum Gasteiger partial charge on any atom is 0.251 e. The van der Waals surface area contributed by atoms with E-state index >= 15 is 0 Å². The van der Waals surface area contributed by atoms with Crippen LogP contribution in [0.2, 0.25) is 0 Å². The van der Waals surface area contributed by atoms with Crippen LogP contribution in [-0.4, -0.2) is 49.2 Å². The Morgan fingerprint density at radius 2 is 1.91 bits per heavy atom. The van der Waals surface area contributed by atoms with Gasteiger partial charge in [0.25, 0.3) is 5.91 Å². The first-order valence-electron chi connectivity index (χ1n) is 9.37. The summed E-state index contributed by atoms with van der Waals surface area (Å²) >= 11 is 0. The van der Waals surface area contributed by atoms with Crippen LogP contribution in [0.3, 0.4) is 0 Å². The number of rotatable bonds is 4. The largest absolute Gasteiger partial charge is 0.365 e. The fraction of sp³-hybridized carbons (Fsp3) is 0.944. The molecule has 1 atom stereocenters. The summed E-state index contributed by atoms with van der Waals surface area (Å²) in [5.41, 5.74) is 0.475. The topological polar surface area (TPSA) is 41.6 Å². The Morgan fingerprint density at radius 1 is 1.22 bits per heavy atom. The number of hydrogen-bond donors (Lipinski definition) is 1. The zero-order chi connectivity index (χ0) is 15.4. The van der Waals surface area contributed by atoms with Gasteiger partial charge in [0, 0.05) is 19.6 Å². The zero-order valence-corrected chi connectivity index (χ0v) is 15.3. The number of likely N-dealkylation sites (tertiary alicyclic amines) is 1. The quantitative estimate of drug-likeness (QED) is 0.851. The zero-order valence-electron chi connectivity index (χ0n) is 14.5. The van der Waals surface area contributed by atoms with E-state index in [4.69, 9.17) is 4.74 Å². The summed E-state index contributed by atoms with van der Waals surface area (Å²) in [4.78, 5) is 14.9. The van der Waals surface area contributed by atoms with Gasteiger partial charge in [-0.1, -0.05) is 26.2 Å². The van der Waals surface area contributed by atoms with Gasteiger partial charge < -0.3 is 15.0 Å². The van der Waals surface area contributed by atoms with Gasteiger partial charge in [-0.25, -0.2) is 0 Å². The Labute approximate surface area is 147 Å². The highest BCUT2D eigenvalue weighted by molar-refractivity contribution is 5.85. The molecule has 5 heteroatoms. The van der Waals surface area contributed by atoms with Gasteiger partial charge in [-0.2, -0.15) is 0 Å². The predicted molar refractivity (Wildman–Crippen MR) is 95.0 cm³/mol. The van der Waals surface area contributed by atoms with E-state index in [-0.39, 0.29) is 24.4 Å². The van der Waals surface area contributed by atoms with Crippen LogP contribution >= 0.6 is 12.4 Å². The summed E-state index contributed by atoms with van der Waals surface area (Å²) in [5, 5.41) is 3.49. The third-order valence-electron chi connectivity index (χ3n) is 6.02. The van der Waals surface area contributed by atoms with E-state index in [1.165, 1.54) is 25.7 Å². The minimum absolute atomic E-state index is 0. The Hall–Kier alpha value is -0.320. The molecule has 0 bridgehead atoms. The Balaban J connectivity index is 0.00000192. The Bertz CT molecular complexity index is 369. The highest BCUT2D eigenvalue weighted by Crippen LogP contribution is 2.37. The fourth-order valence-electron chi connectivity index (χ4n) is 4.39. The van der Waals surface area contributed by atoms with E-state index in [0.717, 1.165) is 58.3 Å². The van der Waals surface area contributed by atoms with Crippen LogP contribution in [0, 0.1) is 5.41 Å². The monoisotopic (exact) mass is 344 g/mol. The van der Waals surface area contributed by atoms with E-state index < -0.39 is 0 Å². The number of amides is 1. The Kier molecular flexibility index (Phi) is 7.18. The molecule has 2 heterocycles. The van der Waals surface area contributed by atoms with Crippen LogP contribution in [-0.2, 0) is 9.53 Å². The molecule has 3 aliphatic rings. The van der Waals surface area contributed by atoms with Crippen LogP contribution in [0.1, 0.15) is 64.7 Å². The Morgan fingerprint density at radius 3 is 2.48 bits per heavy atom. The number of carbonyl (C=O) groups excluding carboxylic acids is 1. The first kappa shape index (κ1) is 19.0. The third-order valence-corrected chi connectivity index (χ3v) is 6.02. The maximum absolute atomic E-state index is 12.8. The van der Waals surface area contributed by atoms with Crippen molar-refractivity contribution in [1.29, 1.82) is 0 Å². The van der Waals surface area contributed by atoms with Gasteiger partial charge in [0.2, 0.25) is 0 Å². The average molecular weight is 345 g/mol. The van der Waals surface area contributed by atoms with Crippen molar-refractivity contribution in [3.63, 3.8) is 0 Å². The van der Waals surface area contributed by atoms with Crippen molar-refractivity contribution < 1.29 is 9.53 Å². The molecule has 2 aliphatic heterocycles. The SMILES string of the molecule is CCC(OC1CCCCC1)C(=O)N1CCC2(CCNC2)CC1.Cl. The van der Waals surface area contributed by atoms with Gasteiger partial charge in [0.1, 0.15) is 6.10 Å². The fourth-order valence-corrected chi connectivity index (χ4v) is 4.39. The first-order chi connectivity index (χ1) is 10.7. The summed E-state index contributed by atoms with van der Waals surface area (Å²) < 4.78 is 6.17. The van der Waals surface area contributed by atoms with Crippen molar-refractivity contribution >= 4 is 18.3 Å². The van der Waals surface area contributed by atoms with Crippen LogP contribution in [0.15, 0.2) is 0 Å². The molecule has 1 spiro atoms. The highest BCUT2D eigenvalue weighted by Gasteiger charge is 2.39. The first-order valence-corrected chi connectivity index (χ1v) is 9.37. The molecular formula is C18H33ClN2O2. The number of halogens is 1. The van der Waals surface area contributed by atoms with E-state index in [0.29, 0.717) is 11.5 Å². The van der Waals surface area contributed by atoms with Crippen molar-refractivity contribution in [3.05, 3.63) is 0 Å². The summed E-state index contributed by atoms with van der Waals surface area (Å²) in [6, 6.07) is 0. The molecule has 0 aromatic heterocycles. The number of piperidine rings is 1. The molecule has 1 aliphatic carbocycles. The van der Waals surface area contributed by atoms with Gasteiger partial charge in [-0.05, 0) is 50.5 Å². The predicted octanol–water partition coefficient (Wildman–Crippen LogP) is 3.14. The van der Waals surface area contributed by atoms with E-state index in [1.807, 2.05) is 0 Å². The van der Waals surface area contributed by atoms with Gasteiger partial charge in [-0.15, -0.1) is 12.4 Å². The number of carbonyl (C=O) groups is 1. The molecule has 0 aromatic carbocycles. The standard InChI is InChI=1S/C18H32N2O2.ClH/c1-2-16(22-15-6-4-3-5-7-15)17(21)20-12-9-18(10-13-20)8-11-19-14-18;/h15-16,19H,2-14H2,1H3;1H. The summed E-state index contributed by atoms with van der Waals surface area (Å²) in [6.07, 6.45) is 10.6. The summed E-state index contributed by atoms with van der Waals surface area (Å²) in [6.45, 7) is 6.22. The lowest BCUT2D eigenvalue weighted by Gasteiger charge is -2.40. The molecule has 134 valence electrons. The van der Waals surface area contributed by atoms with Crippen LogP contribution in [0.25, 0.3) is 0 Å². The summed E-state index contributed by atoms with van der Waals surface area (Å²) in [7, 11) is 0. The number of hydrogen-bond acceptors (Lipinski definition) is 3. The lowest BCUT2D eigenvalue weighted by atomic mass is 9.78. The van der Waals surface area contributed by atoms with E-state index in [9.17, 15) is 4.79 Å². The highest BCUT2D eigenvalue weighted by atomic mass is 35.5. The van der Waals surface area contributed by atoms with Crippen molar-refractivity contribution in [2.24, 2.45) is 5.41 Å². The second-order valence-electron chi connectivity index (χ2n) is 7.55. The molecular weight excluding hydrogens is 312 g/mol. The molecule has 0 radical (unpaired) electrons. The molecule has 3 rings (SSSR count). The molecule has 1 saturated carbocycles. The number of nitrogens with one attached hydrogen (secondary N) is 1. The molecule has 0 aromatic rings. The molecule has 23 heavy (non-hydrogen) atoms. The molecule has 2 saturated heterocycles. The molecule has 1 N–H and O–H groups in total. The molecule has 4 nitrogen and oxygen atoms in total.